The molecule has 2 N–H and O–H groups in total. The first-order valence-electron chi connectivity index (χ1n) is 9.45. The van der Waals surface area contributed by atoms with Gasteiger partial charge in [0.2, 0.25) is 0 Å². The van der Waals surface area contributed by atoms with E-state index in [-0.39, 0.29) is 18.3 Å². The molecule has 0 radical (unpaired) electrons. The molecule has 2 amide bonds. The highest BCUT2D eigenvalue weighted by Crippen LogP contribution is 2.36. The van der Waals surface area contributed by atoms with Crippen molar-refractivity contribution in [2.45, 2.75) is 12.5 Å². The van der Waals surface area contributed by atoms with Gasteiger partial charge in [-0.1, -0.05) is 24.3 Å². The number of anilines is 2. The van der Waals surface area contributed by atoms with E-state index in [1.54, 1.807) is 11.3 Å². The molecule has 0 spiro atoms. The molecule has 0 bridgehead atoms. The molecule has 8 heteroatoms. The Morgan fingerprint density at radius 1 is 1.07 bits per heavy atom. The number of amides is 2. The molecule has 0 unspecified atom stereocenters. The molecule has 0 fully saturated rings. The van der Waals surface area contributed by atoms with E-state index in [0.29, 0.717) is 0 Å². The van der Waals surface area contributed by atoms with Crippen LogP contribution in [-0.4, -0.2) is 24.9 Å². The van der Waals surface area contributed by atoms with Crippen molar-refractivity contribution < 1.29 is 18.4 Å². The fraction of sp³-hybridized carbons (Fsp3) is 0.182. The number of rotatable bonds is 5. The normalized spacial score (nSPS) is 13.6. The summed E-state index contributed by atoms with van der Waals surface area (Å²) in [5.74, 6) is -3.49. The minimum Gasteiger partial charge on any atom is -0.361 e. The summed E-state index contributed by atoms with van der Waals surface area (Å²) in [4.78, 5) is 27.8. The third kappa shape index (κ3) is 4.18. The Morgan fingerprint density at radius 3 is 2.70 bits per heavy atom. The monoisotopic (exact) mass is 427 g/mol. The second-order valence-corrected chi connectivity index (χ2v) is 7.87. The van der Waals surface area contributed by atoms with Crippen LogP contribution in [0.5, 0.6) is 0 Å². The first-order chi connectivity index (χ1) is 14.5. The maximum absolute atomic E-state index is 13.7. The summed E-state index contributed by atoms with van der Waals surface area (Å²) in [5.41, 5.74) is 1.97. The zero-order chi connectivity index (χ0) is 21.1. The molecule has 2 heterocycles. The molecule has 0 saturated heterocycles. The molecule has 30 heavy (non-hydrogen) atoms. The van der Waals surface area contributed by atoms with Crippen LogP contribution in [-0.2, 0) is 16.0 Å². The average Bonchev–Trinajstić information content (AvgIpc) is 3.41. The molecule has 3 aromatic rings. The molecule has 154 valence electrons. The lowest BCUT2D eigenvalue weighted by atomic mass is 10.1. The fourth-order valence-corrected chi connectivity index (χ4v) is 4.41. The van der Waals surface area contributed by atoms with Gasteiger partial charge in [0.1, 0.15) is 11.6 Å². The highest BCUT2D eigenvalue weighted by Gasteiger charge is 2.28. The van der Waals surface area contributed by atoms with Gasteiger partial charge in [-0.25, -0.2) is 8.78 Å². The van der Waals surface area contributed by atoms with Crippen LogP contribution in [0.2, 0.25) is 0 Å². The summed E-state index contributed by atoms with van der Waals surface area (Å²) in [5, 5.41) is 6.71. The average molecular weight is 427 g/mol. The number of hydrogen-bond donors (Lipinski definition) is 2. The van der Waals surface area contributed by atoms with E-state index in [0.717, 1.165) is 41.7 Å². The number of benzene rings is 2. The summed E-state index contributed by atoms with van der Waals surface area (Å²) >= 11 is 1.57. The number of hydrogen-bond acceptors (Lipinski definition) is 4. The van der Waals surface area contributed by atoms with Crippen molar-refractivity contribution in [3.05, 3.63) is 82.1 Å². The third-order valence-electron chi connectivity index (χ3n) is 5.01. The molecule has 1 atom stereocenters. The van der Waals surface area contributed by atoms with E-state index in [2.05, 4.69) is 21.6 Å². The van der Waals surface area contributed by atoms with E-state index in [1.807, 2.05) is 35.7 Å². The van der Waals surface area contributed by atoms with Crippen LogP contribution in [0.15, 0.2) is 60.0 Å². The maximum Gasteiger partial charge on any atom is 0.313 e. The van der Waals surface area contributed by atoms with Crippen LogP contribution in [0, 0.1) is 11.6 Å². The molecule has 1 aliphatic heterocycles. The highest BCUT2D eigenvalue weighted by molar-refractivity contribution is 7.10. The van der Waals surface area contributed by atoms with Crippen molar-refractivity contribution >= 4 is 34.5 Å². The van der Waals surface area contributed by atoms with Crippen molar-refractivity contribution in [1.82, 2.24) is 5.32 Å². The Hall–Kier alpha value is -3.26. The second-order valence-electron chi connectivity index (χ2n) is 6.89. The van der Waals surface area contributed by atoms with E-state index in [9.17, 15) is 18.4 Å². The van der Waals surface area contributed by atoms with Gasteiger partial charge >= 0.3 is 11.8 Å². The predicted octanol–water partition coefficient (Wildman–Crippen LogP) is 3.89. The number of nitrogens with one attached hydrogen (secondary N) is 2. The summed E-state index contributed by atoms with van der Waals surface area (Å²) in [6, 6.07) is 14.5. The van der Waals surface area contributed by atoms with Gasteiger partial charge in [-0.15, -0.1) is 11.3 Å². The molecule has 2 aromatic carbocycles. The van der Waals surface area contributed by atoms with Crippen molar-refractivity contribution in [2.24, 2.45) is 0 Å². The first kappa shape index (κ1) is 20.0. The van der Waals surface area contributed by atoms with Gasteiger partial charge in [0.15, 0.2) is 0 Å². The lowest BCUT2D eigenvalue weighted by Gasteiger charge is -2.30. The van der Waals surface area contributed by atoms with Gasteiger partial charge < -0.3 is 15.5 Å². The number of nitrogens with zero attached hydrogens (tertiary/aromatic N) is 1. The Labute approximate surface area is 176 Å². The first-order valence-corrected chi connectivity index (χ1v) is 10.3. The van der Waals surface area contributed by atoms with Crippen molar-refractivity contribution in [1.29, 1.82) is 0 Å². The number of fused-ring (bicyclic) bond motifs is 1. The number of carbonyl (C=O) groups excluding carboxylic acids is 2. The van der Waals surface area contributed by atoms with Gasteiger partial charge in [0, 0.05) is 29.7 Å². The third-order valence-corrected chi connectivity index (χ3v) is 5.98. The largest absolute Gasteiger partial charge is 0.361 e. The Kier molecular flexibility index (Phi) is 5.76. The van der Waals surface area contributed by atoms with Crippen molar-refractivity contribution in [2.75, 3.05) is 23.3 Å². The van der Waals surface area contributed by atoms with E-state index in [4.69, 9.17) is 0 Å². The standard InChI is InChI=1S/C22H19F2N3O2S/c23-15-7-8-16(24)17(12-15)26-22(29)21(28)25-13-19(20-6-3-11-30-20)27-10-9-14-4-1-2-5-18(14)27/h1-8,11-12,19H,9-10,13H2,(H,25,28)(H,26,29)/t19-/m1/s1. The summed E-state index contributed by atoms with van der Waals surface area (Å²) in [6.07, 6.45) is 0.908. The number of carbonyl (C=O) groups is 2. The minimum absolute atomic E-state index is 0.142. The fourth-order valence-electron chi connectivity index (χ4n) is 3.57. The van der Waals surface area contributed by atoms with Crippen LogP contribution in [0.3, 0.4) is 0 Å². The van der Waals surface area contributed by atoms with Crippen LogP contribution < -0.4 is 15.5 Å². The molecule has 4 rings (SSSR count). The van der Waals surface area contributed by atoms with Gasteiger partial charge in [0.05, 0.1) is 11.7 Å². The molecule has 5 nitrogen and oxygen atoms in total. The zero-order valence-electron chi connectivity index (χ0n) is 15.9. The van der Waals surface area contributed by atoms with Crippen LogP contribution >= 0.6 is 11.3 Å². The summed E-state index contributed by atoms with van der Waals surface area (Å²) in [6.45, 7) is 1.01. The van der Waals surface area contributed by atoms with Gasteiger partial charge in [-0.2, -0.15) is 0 Å². The molecular formula is C22H19F2N3O2S. The molecule has 0 saturated carbocycles. The smallest absolute Gasteiger partial charge is 0.313 e. The predicted molar refractivity (Wildman–Crippen MR) is 113 cm³/mol. The zero-order valence-corrected chi connectivity index (χ0v) is 16.7. The van der Waals surface area contributed by atoms with Crippen LogP contribution in [0.1, 0.15) is 16.5 Å². The van der Waals surface area contributed by atoms with Crippen molar-refractivity contribution in [3.8, 4) is 0 Å². The molecular weight excluding hydrogens is 408 g/mol. The van der Waals surface area contributed by atoms with Crippen LogP contribution in [0.25, 0.3) is 0 Å². The van der Waals surface area contributed by atoms with Gasteiger partial charge in [0.25, 0.3) is 0 Å². The minimum atomic E-state index is -1.05. The Morgan fingerprint density at radius 2 is 1.90 bits per heavy atom. The van der Waals surface area contributed by atoms with E-state index >= 15 is 0 Å². The summed E-state index contributed by atoms with van der Waals surface area (Å²) in [7, 11) is 0. The number of para-hydroxylation sites is 1. The van der Waals surface area contributed by atoms with E-state index < -0.39 is 23.4 Å². The quantitative estimate of drug-likeness (QED) is 0.608. The molecule has 0 aliphatic carbocycles. The maximum atomic E-state index is 13.7. The SMILES string of the molecule is O=C(NC[C@H](c1cccs1)N1CCc2ccccc21)C(=O)Nc1cc(F)ccc1F. The highest BCUT2D eigenvalue weighted by atomic mass is 32.1. The number of halogens is 2. The lowest BCUT2D eigenvalue weighted by Crippen LogP contribution is -2.41. The number of thiophene rings is 1. The second kappa shape index (κ2) is 8.62. The summed E-state index contributed by atoms with van der Waals surface area (Å²) < 4.78 is 27.0. The van der Waals surface area contributed by atoms with Gasteiger partial charge in [-0.3, -0.25) is 9.59 Å². The molecule has 1 aromatic heterocycles. The topological polar surface area (TPSA) is 61.4 Å². The van der Waals surface area contributed by atoms with Crippen molar-refractivity contribution in [3.63, 3.8) is 0 Å². The van der Waals surface area contributed by atoms with Crippen LogP contribution in [0.4, 0.5) is 20.2 Å². The Balaban J connectivity index is 1.46. The molecule has 1 aliphatic rings. The Bertz CT molecular complexity index is 1070. The van der Waals surface area contributed by atoms with Gasteiger partial charge in [-0.05, 0) is 41.6 Å². The van der Waals surface area contributed by atoms with E-state index in [1.165, 1.54) is 5.56 Å². The lowest BCUT2D eigenvalue weighted by molar-refractivity contribution is -0.136.